The second-order valence-electron chi connectivity index (χ2n) is 5.54. The van der Waals surface area contributed by atoms with Gasteiger partial charge in [0.05, 0.1) is 4.92 Å². The van der Waals surface area contributed by atoms with E-state index < -0.39 is 4.92 Å². The molecule has 2 unspecified atom stereocenters. The van der Waals surface area contributed by atoms with Crippen LogP contribution in [0.2, 0.25) is 0 Å². The maximum atomic E-state index is 11.3. The third kappa shape index (κ3) is 3.40. The minimum Gasteiger partial charge on any atom is -0.361 e. The number of nitrogens with zero attached hydrogens (tertiary/aromatic N) is 3. The zero-order valence-electron chi connectivity index (χ0n) is 12.8. The van der Waals surface area contributed by atoms with E-state index in [1.165, 1.54) is 12.8 Å². The van der Waals surface area contributed by atoms with E-state index in [0.29, 0.717) is 23.4 Å². The fourth-order valence-electron chi connectivity index (χ4n) is 3.06. The minimum absolute atomic E-state index is 0.0190. The van der Waals surface area contributed by atoms with Crippen molar-refractivity contribution in [3.05, 3.63) is 15.8 Å². The fourth-order valence-corrected chi connectivity index (χ4v) is 3.06. The van der Waals surface area contributed by atoms with Crippen LogP contribution in [-0.4, -0.2) is 28.0 Å². The molecule has 7 nitrogen and oxygen atoms in total. The van der Waals surface area contributed by atoms with Gasteiger partial charge in [-0.3, -0.25) is 10.1 Å². The number of aryl methyl sites for hydroxylation is 1. The molecule has 2 N–H and O–H groups in total. The van der Waals surface area contributed by atoms with Gasteiger partial charge in [-0.1, -0.05) is 26.2 Å². The van der Waals surface area contributed by atoms with Gasteiger partial charge in [-0.25, -0.2) is 4.98 Å². The molecular formula is C14H23N5O2. The van der Waals surface area contributed by atoms with Crippen molar-refractivity contribution >= 4 is 17.5 Å². The third-order valence-corrected chi connectivity index (χ3v) is 4.22. The SMILES string of the molecule is CCC1CCCCC1Nc1nc(NC)nc(C)c1[N+](=O)[O-]. The molecule has 1 aliphatic carbocycles. The molecule has 0 spiro atoms. The quantitative estimate of drug-likeness (QED) is 0.640. The minimum atomic E-state index is -0.402. The van der Waals surface area contributed by atoms with Gasteiger partial charge < -0.3 is 10.6 Å². The summed E-state index contributed by atoms with van der Waals surface area (Å²) in [5.41, 5.74) is 0.361. The fraction of sp³-hybridized carbons (Fsp3) is 0.714. The average Bonchev–Trinajstić information content (AvgIpc) is 2.46. The Bertz CT molecular complexity index is 520. The van der Waals surface area contributed by atoms with Crippen molar-refractivity contribution in [3.63, 3.8) is 0 Å². The summed E-state index contributed by atoms with van der Waals surface area (Å²) in [6.07, 6.45) is 5.68. The Morgan fingerprint density at radius 3 is 2.67 bits per heavy atom. The molecule has 1 fully saturated rings. The van der Waals surface area contributed by atoms with Crippen LogP contribution in [0, 0.1) is 23.0 Å². The van der Waals surface area contributed by atoms with E-state index in [4.69, 9.17) is 0 Å². The molecule has 21 heavy (non-hydrogen) atoms. The van der Waals surface area contributed by atoms with E-state index in [1.54, 1.807) is 14.0 Å². The molecule has 0 radical (unpaired) electrons. The molecule has 1 heterocycles. The second-order valence-corrected chi connectivity index (χ2v) is 5.54. The molecule has 0 saturated heterocycles. The van der Waals surface area contributed by atoms with Gasteiger partial charge in [-0.15, -0.1) is 0 Å². The van der Waals surface area contributed by atoms with Crippen molar-refractivity contribution in [2.24, 2.45) is 5.92 Å². The number of nitrogens with one attached hydrogen (secondary N) is 2. The molecule has 0 aromatic carbocycles. The summed E-state index contributed by atoms with van der Waals surface area (Å²) in [5.74, 6) is 1.29. The normalized spacial score (nSPS) is 21.9. The van der Waals surface area contributed by atoms with Gasteiger partial charge in [0.25, 0.3) is 0 Å². The summed E-state index contributed by atoms with van der Waals surface area (Å²) in [6.45, 7) is 3.81. The molecule has 2 rings (SSSR count). The molecule has 1 aromatic rings. The number of hydrogen-bond donors (Lipinski definition) is 2. The van der Waals surface area contributed by atoms with Gasteiger partial charge in [0, 0.05) is 13.1 Å². The molecule has 116 valence electrons. The Balaban J connectivity index is 2.32. The first-order valence-electron chi connectivity index (χ1n) is 7.54. The van der Waals surface area contributed by atoms with Crippen LogP contribution in [0.25, 0.3) is 0 Å². The van der Waals surface area contributed by atoms with Gasteiger partial charge in [0.1, 0.15) is 5.69 Å². The summed E-state index contributed by atoms with van der Waals surface area (Å²) in [4.78, 5) is 19.3. The predicted octanol–water partition coefficient (Wildman–Crippen LogP) is 3.12. The van der Waals surface area contributed by atoms with E-state index in [2.05, 4.69) is 27.5 Å². The van der Waals surface area contributed by atoms with E-state index in [1.807, 2.05) is 0 Å². The molecule has 0 amide bonds. The van der Waals surface area contributed by atoms with Crippen LogP contribution in [-0.2, 0) is 0 Å². The summed E-state index contributed by atoms with van der Waals surface area (Å²) < 4.78 is 0. The van der Waals surface area contributed by atoms with E-state index in [9.17, 15) is 10.1 Å². The molecule has 1 saturated carbocycles. The maximum Gasteiger partial charge on any atom is 0.332 e. The van der Waals surface area contributed by atoms with E-state index in [0.717, 1.165) is 19.3 Å². The second kappa shape index (κ2) is 6.69. The number of hydrogen-bond acceptors (Lipinski definition) is 6. The topological polar surface area (TPSA) is 93.0 Å². The largest absolute Gasteiger partial charge is 0.361 e. The van der Waals surface area contributed by atoms with Crippen molar-refractivity contribution in [1.82, 2.24) is 9.97 Å². The highest BCUT2D eigenvalue weighted by Gasteiger charge is 2.28. The zero-order valence-corrected chi connectivity index (χ0v) is 12.8. The summed E-state index contributed by atoms with van der Waals surface area (Å²) >= 11 is 0. The summed E-state index contributed by atoms with van der Waals surface area (Å²) in [5, 5.41) is 17.5. The van der Waals surface area contributed by atoms with Crippen LogP contribution >= 0.6 is 0 Å². The lowest BCUT2D eigenvalue weighted by Gasteiger charge is -2.31. The lowest BCUT2D eigenvalue weighted by molar-refractivity contribution is -0.385. The number of aromatic nitrogens is 2. The molecule has 1 aliphatic rings. The Kier molecular flexibility index (Phi) is 4.93. The summed E-state index contributed by atoms with van der Waals surface area (Å²) in [7, 11) is 1.71. The molecule has 2 atom stereocenters. The van der Waals surface area contributed by atoms with Gasteiger partial charge in [0.15, 0.2) is 0 Å². The standard InChI is InChI=1S/C14H23N5O2/c1-4-10-7-5-6-8-11(10)17-13-12(19(20)21)9(2)16-14(15-3)18-13/h10-11H,4-8H2,1-3H3,(H2,15,16,17,18). The maximum absolute atomic E-state index is 11.3. The lowest BCUT2D eigenvalue weighted by atomic mass is 9.83. The van der Waals surface area contributed by atoms with Gasteiger partial charge in [0.2, 0.25) is 11.8 Å². The first-order chi connectivity index (χ1) is 10.1. The van der Waals surface area contributed by atoms with Crippen molar-refractivity contribution in [3.8, 4) is 0 Å². The van der Waals surface area contributed by atoms with Gasteiger partial charge in [-0.05, 0) is 25.7 Å². The molecule has 7 heteroatoms. The zero-order chi connectivity index (χ0) is 15.4. The van der Waals surface area contributed by atoms with Crippen LogP contribution in [0.15, 0.2) is 0 Å². The van der Waals surface area contributed by atoms with Crippen molar-refractivity contribution in [1.29, 1.82) is 0 Å². The van der Waals surface area contributed by atoms with Crippen LogP contribution < -0.4 is 10.6 Å². The molecular weight excluding hydrogens is 270 g/mol. The highest BCUT2D eigenvalue weighted by Crippen LogP contribution is 2.33. The molecule has 0 aliphatic heterocycles. The van der Waals surface area contributed by atoms with Crippen LogP contribution in [0.4, 0.5) is 17.5 Å². The highest BCUT2D eigenvalue weighted by molar-refractivity contribution is 5.61. The van der Waals surface area contributed by atoms with E-state index >= 15 is 0 Å². The number of nitro groups is 1. The van der Waals surface area contributed by atoms with Crippen LogP contribution in [0.3, 0.4) is 0 Å². The first-order valence-corrected chi connectivity index (χ1v) is 7.54. The number of anilines is 2. The monoisotopic (exact) mass is 293 g/mol. The van der Waals surface area contributed by atoms with Crippen molar-refractivity contribution in [2.45, 2.75) is 52.0 Å². The Morgan fingerprint density at radius 2 is 2.05 bits per heavy atom. The van der Waals surface area contributed by atoms with Gasteiger partial charge in [-0.2, -0.15) is 4.98 Å². The first kappa shape index (κ1) is 15.5. The highest BCUT2D eigenvalue weighted by atomic mass is 16.6. The molecule has 0 bridgehead atoms. The summed E-state index contributed by atoms with van der Waals surface area (Å²) in [6, 6.07) is 0.251. The molecule has 1 aromatic heterocycles. The number of rotatable bonds is 5. The van der Waals surface area contributed by atoms with Crippen molar-refractivity contribution in [2.75, 3.05) is 17.7 Å². The smallest absolute Gasteiger partial charge is 0.332 e. The Labute approximate surface area is 124 Å². The van der Waals surface area contributed by atoms with Crippen LogP contribution in [0.1, 0.15) is 44.7 Å². The van der Waals surface area contributed by atoms with Crippen LogP contribution in [0.5, 0.6) is 0 Å². The average molecular weight is 293 g/mol. The Morgan fingerprint density at radius 1 is 1.33 bits per heavy atom. The van der Waals surface area contributed by atoms with Gasteiger partial charge >= 0.3 is 5.69 Å². The van der Waals surface area contributed by atoms with E-state index in [-0.39, 0.29) is 11.7 Å². The lowest BCUT2D eigenvalue weighted by Crippen LogP contribution is -2.32. The third-order valence-electron chi connectivity index (χ3n) is 4.22. The van der Waals surface area contributed by atoms with Crippen molar-refractivity contribution < 1.29 is 4.92 Å². The Hall–Kier alpha value is -1.92. The predicted molar refractivity (Wildman–Crippen MR) is 82.6 cm³/mol.